The van der Waals surface area contributed by atoms with E-state index in [1.165, 1.54) is 35.4 Å². The molecule has 0 aliphatic carbocycles. The van der Waals surface area contributed by atoms with Crippen LogP contribution in [0.5, 0.6) is 0 Å². The molecule has 0 spiro atoms. The first kappa shape index (κ1) is 19.1. The fourth-order valence-electron chi connectivity index (χ4n) is 2.38. The number of carbonyl (C=O) groups excluding carboxylic acids is 1. The van der Waals surface area contributed by atoms with E-state index < -0.39 is 10.0 Å². The lowest BCUT2D eigenvalue weighted by Crippen LogP contribution is -3.12. The van der Waals surface area contributed by atoms with Crippen molar-refractivity contribution in [3.8, 4) is 0 Å². The van der Waals surface area contributed by atoms with E-state index in [2.05, 4.69) is 29.6 Å². The number of sulfonamides is 1. The second-order valence-electron chi connectivity index (χ2n) is 6.29. The summed E-state index contributed by atoms with van der Waals surface area (Å²) in [5, 5.41) is 7.86. The highest BCUT2D eigenvalue weighted by Gasteiger charge is 2.22. The second kappa shape index (κ2) is 7.77. The van der Waals surface area contributed by atoms with Crippen LogP contribution in [0.1, 0.15) is 18.1 Å². The molecule has 0 aliphatic heterocycles. The van der Waals surface area contributed by atoms with Crippen LogP contribution in [0.15, 0.2) is 53.4 Å². The van der Waals surface area contributed by atoms with Crippen molar-refractivity contribution < 1.29 is 18.1 Å². The smallest absolute Gasteiger partial charge is 0.282 e. The number of quaternary nitrogens is 1. The van der Waals surface area contributed by atoms with Crippen LogP contribution in [0.25, 0.3) is 0 Å². The first-order valence-corrected chi connectivity index (χ1v) is 9.53. The van der Waals surface area contributed by atoms with Crippen molar-refractivity contribution in [2.75, 3.05) is 12.4 Å². The number of primary sulfonamides is 1. The maximum absolute atomic E-state index is 12.4. The number of nitrogens with two attached hydrogens (primary N) is 1. The number of nitrogens with one attached hydrogen (secondary N) is 2. The van der Waals surface area contributed by atoms with Gasteiger partial charge in [-0.05, 0) is 38.1 Å². The number of aryl methyl sites for hydroxylation is 1. The predicted molar refractivity (Wildman–Crippen MR) is 97.7 cm³/mol. The summed E-state index contributed by atoms with van der Waals surface area (Å²) < 4.78 is 22.5. The zero-order valence-electron chi connectivity index (χ0n) is 14.6. The number of benzene rings is 2. The molecule has 0 fully saturated rings. The fourth-order valence-corrected chi connectivity index (χ4v) is 2.90. The highest BCUT2D eigenvalue weighted by molar-refractivity contribution is 7.89. The Morgan fingerprint density at radius 1 is 1.12 bits per heavy atom. The van der Waals surface area contributed by atoms with E-state index in [0.717, 1.165) is 11.4 Å². The minimum Gasteiger partial charge on any atom is -0.324 e. The molecule has 6 nitrogen and oxygen atoms in total. The molecule has 2 aromatic carbocycles. The number of hydrogen-bond donors (Lipinski definition) is 3. The molecule has 1 amide bonds. The monoisotopic (exact) mass is 362 g/mol. The van der Waals surface area contributed by atoms with Crippen LogP contribution in [-0.2, 0) is 21.4 Å². The molecular formula is C18H24N3O3S+. The Hall–Kier alpha value is -2.22. The molecule has 0 saturated heterocycles. The van der Waals surface area contributed by atoms with E-state index in [0.29, 0.717) is 5.69 Å². The molecular weight excluding hydrogens is 338 g/mol. The first-order chi connectivity index (χ1) is 11.7. The fraction of sp³-hybridized carbons (Fsp3) is 0.278. The summed E-state index contributed by atoms with van der Waals surface area (Å²) in [6, 6.07) is 13.8. The van der Waals surface area contributed by atoms with Crippen LogP contribution in [-0.4, -0.2) is 27.4 Å². The molecule has 25 heavy (non-hydrogen) atoms. The summed E-state index contributed by atoms with van der Waals surface area (Å²) in [5.74, 6) is -0.132. The predicted octanol–water partition coefficient (Wildman–Crippen LogP) is 0.684. The molecule has 134 valence electrons. The summed E-state index contributed by atoms with van der Waals surface area (Å²) in [5.41, 5.74) is 2.91. The van der Waals surface area contributed by atoms with Gasteiger partial charge in [0.15, 0.2) is 6.04 Å². The van der Waals surface area contributed by atoms with Crippen molar-refractivity contribution in [3.05, 3.63) is 59.7 Å². The van der Waals surface area contributed by atoms with Crippen LogP contribution in [0.2, 0.25) is 0 Å². The summed E-state index contributed by atoms with van der Waals surface area (Å²) >= 11 is 0. The van der Waals surface area contributed by atoms with Gasteiger partial charge in [0.1, 0.15) is 6.54 Å². The molecule has 2 atom stereocenters. The largest absolute Gasteiger partial charge is 0.324 e. The summed E-state index contributed by atoms with van der Waals surface area (Å²) in [6.45, 7) is 4.63. The van der Waals surface area contributed by atoms with Gasteiger partial charge in [-0.1, -0.05) is 29.8 Å². The van der Waals surface area contributed by atoms with Gasteiger partial charge in [-0.3, -0.25) is 4.79 Å². The van der Waals surface area contributed by atoms with Crippen molar-refractivity contribution in [1.82, 2.24) is 0 Å². The number of carbonyl (C=O) groups is 1. The summed E-state index contributed by atoms with van der Waals surface area (Å²) in [6.07, 6.45) is 0. The summed E-state index contributed by atoms with van der Waals surface area (Å²) in [7, 11) is -1.77. The van der Waals surface area contributed by atoms with Crippen LogP contribution >= 0.6 is 0 Å². The topological polar surface area (TPSA) is 93.7 Å². The lowest BCUT2D eigenvalue weighted by atomic mass is 10.1. The standard InChI is InChI=1S/C18H23N3O3S/c1-13-4-6-15(7-5-13)12-21(3)14(2)18(22)20-16-8-10-17(11-9-16)25(19,23)24/h4-11,14H,12H2,1-3H3,(H,20,22)(H2,19,23,24)/p+1/t14-/m1/s1. The third kappa shape index (κ3) is 5.38. The normalized spacial score (nSPS) is 13.9. The van der Waals surface area contributed by atoms with Gasteiger partial charge in [0.25, 0.3) is 5.91 Å². The average molecular weight is 362 g/mol. The molecule has 2 aromatic rings. The Balaban J connectivity index is 1.98. The van der Waals surface area contributed by atoms with E-state index >= 15 is 0 Å². The van der Waals surface area contributed by atoms with Gasteiger partial charge in [0.2, 0.25) is 10.0 Å². The maximum atomic E-state index is 12.4. The van der Waals surface area contributed by atoms with E-state index in [9.17, 15) is 13.2 Å². The van der Waals surface area contributed by atoms with Crippen LogP contribution in [0.3, 0.4) is 0 Å². The van der Waals surface area contributed by atoms with Crippen molar-refractivity contribution in [1.29, 1.82) is 0 Å². The van der Waals surface area contributed by atoms with Gasteiger partial charge in [-0.15, -0.1) is 0 Å². The SMILES string of the molecule is Cc1ccc(C[NH+](C)[C@H](C)C(=O)Nc2ccc(S(N)(=O)=O)cc2)cc1. The van der Waals surface area contributed by atoms with Gasteiger partial charge in [-0.2, -0.15) is 0 Å². The molecule has 2 rings (SSSR count). The number of likely N-dealkylation sites (N-methyl/N-ethyl adjacent to an activating group) is 1. The van der Waals surface area contributed by atoms with Crippen LogP contribution < -0.4 is 15.4 Å². The number of hydrogen-bond acceptors (Lipinski definition) is 3. The zero-order valence-corrected chi connectivity index (χ0v) is 15.4. The van der Waals surface area contributed by atoms with Crippen molar-refractivity contribution in [2.45, 2.75) is 31.3 Å². The number of anilines is 1. The maximum Gasteiger partial charge on any atom is 0.282 e. The minimum absolute atomic E-state index is 0.0145. The Labute approximate surface area is 148 Å². The van der Waals surface area contributed by atoms with E-state index in [-0.39, 0.29) is 16.8 Å². The minimum atomic E-state index is -3.73. The molecule has 0 aromatic heterocycles. The molecule has 7 heteroatoms. The number of amides is 1. The van der Waals surface area contributed by atoms with Crippen molar-refractivity contribution in [2.24, 2.45) is 5.14 Å². The van der Waals surface area contributed by atoms with E-state index in [1.807, 2.05) is 20.9 Å². The van der Waals surface area contributed by atoms with Gasteiger partial charge < -0.3 is 10.2 Å². The lowest BCUT2D eigenvalue weighted by Gasteiger charge is -2.21. The Morgan fingerprint density at radius 3 is 2.20 bits per heavy atom. The Bertz CT molecular complexity index is 831. The molecule has 0 aliphatic rings. The van der Waals surface area contributed by atoms with Gasteiger partial charge in [0, 0.05) is 11.3 Å². The van der Waals surface area contributed by atoms with E-state index in [4.69, 9.17) is 5.14 Å². The van der Waals surface area contributed by atoms with Gasteiger partial charge in [-0.25, -0.2) is 13.6 Å². The Morgan fingerprint density at radius 2 is 1.68 bits per heavy atom. The van der Waals surface area contributed by atoms with Crippen LogP contribution in [0, 0.1) is 6.92 Å². The number of rotatable bonds is 6. The van der Waals surface area contributed by atoms with Gasteiger partial charge >= 0.3 is 0 Å². The highest BCUT2D eigenvalue weighted by Crippen LogP contribution is 2.12. The molecule has 1 unspecified atom stereocenters. The molecule has 4 N–H and O–H groups in total. The van der Waals surface area contributed by atoms with Gasteiger partial charge in [0.05, 0.1) is 11.9 Å². The molecule has 0 heterocycles. The second-order valence-corrected chi connectivity index (χ2v) is 7.85. The highest BCUT2D eigenvalue weighted by atomic mass is 32.2. The lowest BCUT2D eigenvalue weighted by molar-refractivity contribution is -0.907. The zero-order chi connectivity index (χ0) is 18.6. The molecule has 0 saturated carbocycles. The Kier molecular flexibility index (Phi) is 5.94. The van der Waals surface area contributed by atoms with Crippen molar-refractivity contribution in [3.63, 3.8) is 0 Å². The third-order valence-corrected chi connectivity index (χ3v) is 5.12. The molecule has 0 radical (unpaired) electrons. The quantitative estimate of drug-likeness (QED) is 0.706. The third-order valence-electron chi connectivity index (χ3n) is 4.19. The van der Waals surface area contributed by atoms with E-state index in [1.54, 1.807) is 0 Å². The molecule has 0 bridgehead atoms. The van der Waals surface area contributed by atoms with Crippen molar-refractivity contribution >= 4 is 21.6 Å². The van der Waals surface area contributed by atoms with Crippen LogP contribution in [0.4, 0.5) is 5.69 Å². The first-order valence-electron chi connectivity index (χ1n) is 7.98. The average Bonchev–Trinajstić information content (AvgIpc) is 2.55. The summed E-state index contributed by atoms with van der Waals surface area (Å²) in [4.78, 5) is 13.5.